The molecule has 0 heterocycles. The third-order valence-electron chi connectivity index (χ3n) is 2.97. The van der Waals surface area contributed by atoms with E-state index in [0.29, 0.717) is 19.6 Å². The Bertz CT molecular complexity index is 381. The molecule has 1 aromatic rings. The van der Waals surface area contributed by atoms with Crippen molar-refractivity contribution in [1.29, 1.82) is 0 Å². The van der Waals surface area contributed by atoms with Gasteiger partial charge in [0.15, 0.2) is 0 Å². The van der Waals surface area contributed by atoms with Gasteiger partial charge in [0.05, 0.1) is 25.7 Å². The van der Waals surface area contributed by atoms with E-state index in [2.05, 4.69) is 0 Å². The third kappa shape index (κ3) is 4.99. The van der Waals surface area contributed by atoms with Crippen molar-refractivity contribution in [3.63, 3.8) is 0 Å². The highest BCUT2D eigenvalue weighted by Crippen LogP contribution is 2.31. The summed E-state index contributed by atoms with van der Waals surface area (Å²) >= 11 is 6.44. The normalized spacial score (nSPS) is 12.7. The van der Waals surface area contributed by atoms with E-state index in [0.717, 1.165) is 16.9 Å². The fourth-order valence-corrected chi connectivity index (χ4v) is 2.37. The number of aryl methyl sites for hydroxylation is 1. The number of benzene rings is 1. The number of ether oxygens (including phenoxy) is 1. The summed E-state index contributed by atoms with van der Waals surface area (Å²) in [4.78, 5) is 1.93. The molecule has 4 nitrogen and oxygen atoms in total. The summed E-state index contributed by atoms with van der Waals surface area (Å²) in [5.74, 6) is 0.763. The van der Waals surface area contributed by atoms with Gasteiger partial charge in [0.1, 0.15) is 5.75 Å². The van der Waals surface area contributed by atoms with Gasteiger partial charge in [-0.2, -0.15) is 0 Å². The Kier molecular flexibility index (Phi) is 7.16. The van der Waals surface area contributed by atoms with Crippen LogP contribution in [0.3, 0.4) is 0 Å². The molecule has 0 saturated heterocycles. The molecule has 1 unspecified atom stereocenters. The maximum Gasteiger partial charge on any atom is 0.123 e. The highest BCUT2D eigenvalue weighted by Gasteiger charge is 2.17. The van der Waals surface area contributed by atoms with Crippen molar-refractivity contribution in [3.8, 4) is 5.75 Å². The lowest BCUT2D eigenvalue weighted by atomic mass is 10.1. The number of aliphatic hydroxyl groups is 2. The van der Waals surface area contributed by atoms with E-state index in [1.807, 2.05) is 30.0 Å². The first kappa shape index (κ1) is 16.2. The van der Waals surface area contributed by atoms with Crippen LogP contribution in [0.2, 0.25) is 0 Å². The van der Waals surface area contributed by atoms with Crippen molar-refractivity contribution in [2.24, 2.45) is 0 Å². The number of aliphatic hydroxyl groups excluding tert-OH is 2. The quantitative estimate of drug-likeness (QED) is 0.713. The van der Waals surface area contributed by atoms with Crippen molar-refractivity contribution in [2.75, 3.05) is 40.0 Å². The van der Waals surface area contributed by atoms with Gasteiger partial charge in [-0.25, -0.2) is 0 Å². The van der Waals surface area contributed by atoms with Crippen molar-refractivity contribution in [1.82, 2.24) is 4.90 Å². The van der Waals surface area contributed by atoms with Gasteiger partial charge in [0.25, 0.3) is 0 Å². The molecule has 0 radical (unpaired) electrons. The predicted molar refractivity (Wildman–Crippen MR) is 76.9 cm³/mol. The van der Waals surface area contributed by atoms with E-state index in [-0.39, 0.29) is 18.6 Å². The van der Waals surface area contributed by atoms with Gasteiger partial charge in [0.2, 0.25) is 0 Å². The molecule has 2 N–H and O–H groups in total. The first-order valence-electron chi connectivity index (χ1n) is 6.35. The Morgan fingerprint density at radius 3 is 2.42 bits per heavy atom. The summed E-state index contributed by atoms with van der Waals surface area (Å²) in [6.07, 6.45) is 0. The maximum atomic E-state index is 9.00. The van der Waals surface area contributed by atoms with Crippen LogP contribution in [-0.2, 0) is 0 Å². The summed E-state index contributed by atoms with van der Waals surface area (Å²) in [5.41, 5.74) is 2.06. The van der Waals surface area contributed by atoms with Gasteiger partial charge in [-0.3, -0.25) is 4.90 Å². The molecule has 0 aliphatic rings. The molecule has 108 valence electrons. The number of alkyl halides is 1. The second-order valence-electron chi connectivity index (χ2n) is 4.46. The molecular formula is C14H22ClNO3. The van der Waals surface area contributed by atoms with Crippen molar-refractivity contribution in [2.45, 2.75) is 12.3 Å². The molecule has 1 rings (SSSR count). The van der Waals surface area contributed by atoms with Gasteiger partial charge in [-0.1, -0.05) is 17.7 Å². The Morgan fingerprint density at radius 2 is 1.89 bits per heavy atom. The Labute approximate surface area is 119 Å². The summed E-state index contributed by atoms with van der Waals surface area (Å²) in [5, 5.41) is 17.8. The Hall–Kier alpha value is -0.810. The van der Waals surface area contributed by atoms with Gasteiger partial charge in [0, 0.05) is 25.2 Å². The molecule has 0 fully saturated rings. The molecule has 0 saturated carbocycles. The molecule has 0 spiro atoms. The van der Waals surface area contributed by atoms with Gasteiger partial charge in [-0.05, 0) is 13.0 Å². The van der Waals surface area contributed by atoms with Crippen LogP contribution in [0.5, 0.6) is 5.75 Å². The minimum absolute atomic E-state index is 0.0502. The van der Waals surface area contributed by atoms with Crippen LogP contribution in [0, 0.1) is 6.92 Å². The molecule has 0 amide bonds. The molecule has 19 heavy (non-hydrogen) atoms. The minimum Gasteiger partial charge on any atom is -0.496 e. The van der Waals surface area contributed by atoms with E-state index in [4.69, 9.17) is 26.6 Å². The first-order chi connectivity index (χ1) is 9.12. The predicted octanol–water partition coefficient (Wildman–Crippen LogP) is 1.57. The largest absolute Gasteiger partial charge is 0.496 e. The number of methoxy groups -OCH3 is 1. The van der Waals surface area contributed by atoms with Crippen molar-refractivity contribution in [3.05, 3.63) is 29.3 Å². The van der Waals surface area contributed by atoms with Crippen molar-refractivity contribution >= 4 is 11.6 Å². The van der Waals surface area contributed by atoms with Crippen LogP contribution in [0.15, 0.2) is 18.2 Å². The van der Waals surface area contributed by atoms with Crippen LogP contribution in [0.1, 0.15) is 16.5 Å². The second-order valence-corrected chi connectivity index (χ2v) is 4.99. The lowest BCUT2D eigenvalue weighted by molar-refractivity contribution is 0.161. The monoisotopic (exact) mass is 287 g/mol. The molecule has 0 aliphatic heterocycles. The van der Waals surface area contributed by atoms with E-state index in [1.54, 1.807) is 7.11 Å². The molecule has 1 aromatic carbocycles. The Balaban J connectivity index is 2.80. The highest BCUT2D eigenvalue weighted by molar-refractivity contribution is 6.21. The number of hydrogen-bond acceptors (Lipinski definition) is 4. The van der Waals surface area contributed by atoms with Gasteiger partial charge in [-0.15, -0.1) is 11.6 Å². The highest BCUT2D eigenvalue weighted by atomic mass is 35.5. The summed E-state index contributed by atoms with van der Waals surface area (Å²) < 4.78 is 5.32. The first-order valence-corrected chi connectivity index (χ1v) is 6.78. The van der Waals surface area contributed by atoms with E-state index in [9.17, 15) is 0 Å². The van der Waals surface area contributed by atoms with Crippen LogP contribution >= 0.6 is 11.6 Å². The molecule has 1 atom stereocenters. The summed E-state index contributed by atoms with van der Waals surface area (Å²) in [7, 11) is 1.62. The summed E-state index contributed by atoms with van der Waals surface area (Å²) in [6, 6.07) is 5.89. The molecule has 5 heteroatoms. The average Bonchev–Trinajstić information content (AvgIpc) is 2.39. The summed E-state index contributed by atoms with van der Waals surface area (Å²) in [6.45, 7) is 3.66. The number of halogens is 1. The SMILES string of the molecule is COc1ccc(C)cc1C(Cl)CN(CCO)CCO. The van der Waals surface area contributed by atoms with Crippen LogP contribution in [0.4, 0.5) is 0 Å². The number of nitrogens with zero attached hydrogens (tertiary/aromatic N) is 1. The topological polar surface area (TPSA) is 52.9 Å². The van der Waals surface area contributed by atoms with Gasteiger partial charge < -0.3 is 14.9 Å². The van der Waals surface area contributed by atoms with Gasteiger partial charge >= 0.3 is 0 Å². The smallest absolute Gasteiger partial charge is 0.123 e. The second kappa shape index (κ2) is 8.38. The van der Waals surface area contributed by atoms with Crippen LogP contribution in [0.25, 0.3) is 0 Å². The molecule has 0 aliphatic carbocycles. The fraction of sp³-hybridized carbons (Fsp3) is 0.571. The minimum atomic E-state index is -0.243. The van der Waals surface area contributed by atoms with E-state index < -0.39 is 0 Å². The zero-order chi connectivity index (χ0) is 14.3. The zero-order valence-electron chi connectivity index (χ0n) is 11.5. The standard InChI is InChI=1S/C14H22ClNO3/c1-11-3-4-14(19-2)12(9-11)13(15)10-16(5-7-17)6-8-18/h3-4,9,13,17-18H,5-8,10H2,1-2H3. The molecular weight excluding hydrogens is 266 g/mol. The molecule has 0 bridgehead atoms. The van der Waals surface area contributed by atoms with Crippen molar-refractivity contribution < 1.29 is 14.9 Å². The number of rotatable bonds is 8. The lowest BCUT2D eigenvalue weighted by Crippen LogP contribution is -2.32. The van der Waals surface area contributed by atoms with E-state index in [1.165, 1.54) is 0 Å². The average molecular weight is 288 g/mol. The number of hydrogen-bond donors (Lipinski definition) is 2. The Morgan fingerprint density at radius 1 is 1.26 bits per heavy atom. The molecule has 0 aromatic heterocycles. The maximum absolute atomic E-state index is 9.00. The lowest BCUT2D eigenvalue weighted by Gasteiger charge is -2.24. The zero-order valence-corrected chi connectivity index (χ0v) is 12.2. The fourth-order valence-electron chi connectivity index (χ4n) is 2.00. The van der Waals surface area contributed by atoms with E-state index >= 15 is 0 Å². The van der Waals surface area contributed by atoms with Crippen LogP contribution < -0.4 is 4.74 Å². The van der Waals surface area contributed by atoms with Crippen LogP contribution in [-0.4, -0.2) is 55.1 Å². The third-order valence-corrected chi connectivity index (χ3v) is 3.35.